The smallest absolute Gasteiger partial charge is 0.418 e. The molecular weight excluding hydrogens is 474 g/mol. The van der Waals surface area contributed by atoms with E-state index >= 15 is 0 Å². The van der Waals surface area contributed by atoms with Crippen LogP contribution in [0.15, 0.2) is 69.9 Å². The minimum absolute atomic E-state index is 0.0337. The largest absolute Gasteiger partial charge is 0.422 e. The molecule has 4 aromatic rings. The van der Waals surface area contributed by atoms with Gasteiger partial charge in [-0.25, -0.2) is 9.18 Å². The lowest BCUT2D eigenvalue weighted by Gasteiger charge is -2.15. The number of hydrogen-bond donors (Lipinski definition) is 1. The van der Waals surface area contributed by atoms with Gasteiger partial charge in [-0.2, -0.15) is 13.2 Å². The van der Waals surface area contributed by atoms with E-state index in [1.807, 2.05) is 0 Å². The second-order valence-corrected chi connectivity index (χ2v) is 8.03. The monoisotopic (exact) mass is 489 g/mol. The molecule has 1 N–H and O–H groups in total. The molecule has 0 unspecified atom stereocenters. The van der Waals surface area contributed by atoms with Crippen LogP contribution in [0.25, 0.3) is 22.1 Å². The second-order valence-electron chi connectivity index (χ2n) is 7.62. The van der Waals surface area contributed by atoms with Crippen LogP contribution in [-0.2, 0) is 17.4 Å². The van der Waals surface area contributed by atoms with Gasteiger partial charge in [0, 0.05) is 22.0 Å². The van der Waals surface area contributed by atoms with Crippen LogP contribution >= 0.6 is 11.6 Å². The molecule has 0 aliphatic rings. The zero-order valence-electron chi connectivity index (χ0n) is 17.6. The van der Waals surface area contributed by atoms with Crippen molar-refractivity contribution in [2.45, 2.75) is 19.5 Å². The summed E-state index contributed by atoms with van der Waals surface area (Å²) in [6, 6.07) is 13.9. The number of nitrogens with one attached hydrogen (secondary N) is 1. The van der Waals surface area contributed by atoms with Crippen LogP contribution in [0.4, 0.5) is 23.2 Å². The summed E-state index contributed by atoms with van der Waals surface area (Å²) in [6.07, 6.45) is -5.46. The Morgan fingerprint density at radius 2 is 1.76 bits per heavy atom. The van der Waals surface area contributed by atoms with Crippen LogP contribution in [-0.4, -0.2) is 5.91 Å². The number of aryl methyl sites for hydroxylation is 1. The van der Waals surface area contributed by atoms with Gasteiger partial charge in [-0.1, -0.05) is 41.9 Å². The lowest BCUT2D eigenvalue weighted by Crippen LogP contribution is -2.22. The lowest BCUT2D eigenvalue weighted by atomic mass is 9.94. The van der Waals surface area contributed by atoms with Crippen LogP contribution in [0.1, 0.15) is 16.7 Å². The van der Waals surface area contributed by atoms with Gasteiger partial charge in [-0.05, 0) is 42.3 Å². The SMILES string of the molecule is Cc1cc2c(-c3ccccc3)c(CC(=O)Nc3ccc(F)cc3C(F)(F)F)c(=O)oc2cc1Cl. The summed E-state index contributed by atoms with van der Waals surface area (Å²) in [5.41, 5.74) is -0.865. The fourth-order valence-electron chi connectivity index (χ4n) is 3.68. The third kappa shape index (κ3) is 4.68. The van der Waals surface area contributed by atoms with Crippen molar-refractivity contribution < 1.29 is 26.8 Å². The van der Waals surface area contributed by atoms with Crippen LogP contribution in [0, 0.1) is 12.7 Å². The standard InChI is InChI=1S/C25H16ClF4NO3/c1-13-9-16-21(12-19(13)26)34-24(33)17(23(16)14-5-3-2-4-6-14)11-22(32)31-20-8-7-15(27)10-18(20)25(28,29)30/h2-10,12H,11H2,1H3,(H,31,32). The quantitative estimate of drug-likeness (QED) is 0.254. The first-order valence-corrected chi connectivity index (χ1v) is 10.4. The average Bonchev–Trinajstić information content (AvgIpc) is 2.77. The number of alkyl halides is 3. The second kappa shape index (κ2) is 8.95. The Morgan fingerprint density at radius 1 is 1.06 bits per heavy atom. The molecule has 0 atom stereocenters. The normalized spacial score (nSPS) is 11.6. The highest BCUT2D eigenvalue weighted by Gasteiger charge is 2.34. The summed E-state index contributed by atoms with van der Waals surface area (Å²) in [5, 5.41) is 3.05. The van der Waals surface area contributed by atoms with Gasteiger partial charge in [-0.3, -0.25) is 4.79 Å². The highest BCUT2D eigenvalue weighted by molar-refractivity contribution is 6.32. The molecule has 0 bridgehead atoms. The number of fused-ring (bicyclic) bond motifs is 1. The maximum absolute atomic E-state index is 13.4. The van der Waals surface area contributed by atoms with Gasteiger partial charge in [-0.15, -0.1) is 0 Å². The molecule has 0 aliphatic carbocycles. The molecule has 3 aromatic carbocycles. The van der Waals surface area contributed by atoms with Crippen LogP contribution in [0.3, 0.4) is 0 Å². The van der Waals surface area contributed by atoms with Gasteiger partial charge < -0.3 is 9.73 Å². The first-order chi connectivity index (χ1) is 16.0. The summed E-state index contributed by atoms with van der Waals surface area (Å²) in [7, 11) is 0. The molecule has 0 saturated heterocycles. The fourth-order valence-corrected chi connectivity index (χ4v) is 3.83. The third-order valence-electron chi connectivity index (χ3n) is 5.24. The van der Waals surface area contributed by atoms with Gasteiger partial charge in [0.1, 0.15) is 11.4 Å². The Balaban J connectivity index is 1.82. The number of hydrogen-bond acceptors (Lipinski definition) is 3. The van der Waals surface area contributed by atoms with E-state index < -0.39 is 41.2 Å². The molecule has 0 saturated carbocycles. The molecule has 174 valence electrons. The Bertz CT molecular complexity index is 1460. The Kier molecular flexibility index (Phi) is 6.18. The molecule has 1 aromatic heterocycles. The fraction of sp³-hybridized carbons (Fsp3) is 0.120. The van der Waals surface area contributed by atoms with Crippen molar-refractivity contribution in [2.24, 2.45) is 0 Å². The zero-order valence-corrected chi connectivity index (χ0v) is 18.4. The van der Waals surface area contributed by atoms with Crippen molar-refractivity contribution in [2.75, 3.05) is 5.32 Å². The molecule has 0 radical (unpaired) electrons. The van der Waals surface area contributed by atoms with E-state index in [4.69, 9.17) is 16.0 Å². The van der Waals surface area contributed by atoms with Crippen molar-refractivity contribution in [3.63, 3.8) is 0 Å². The molecule has 4 nitrogen and oxygen atoms in total. The molecule has 1 heterocycles. The molecule has 4 rings (SSSR count). The average molecular weight is 490 g/mol. The van der Waals surface area contributed by atoms with Crippen molar-refractivity contribution in [1.82, 2.24) is 0 Å². The van der Waals surface area contributed by atoms with Crippen LogP contribution in [0.2, 0.25) is 5.02 Å². The first kappa shape index (κ1) is 23.5. The number of carbonyl (C=O) groups excluding carboxylic acids is 1. The van der Waals surface area contributed by atoms with E-state index in [9.17, 15) is 27.2 Å². The first-order valence-electron chi connectivity index (χ1n) is 10.0. The molecule has 9 heteroatoms. The van der Waals surface area contributed by atoms with Crippen LogP contribution < -0.4 is 10.9 Å². The number of anilines is 1. The van der Waals surface area contributed by atoms with E-state index in [1.165, 1.54) is 6.07 Å². The van der Waals surface area contributed by atoms with E-state index in [-0.39, 0.29) is 11.1 Å². The zero-order chi connectivity index (χ0) is 24.6. The number of amides is 1. The molecule has 34 heavy (non-hydrogen) atoms. The maximum Gasteiger partial charge on any atom is 0.418 e. The molecular formula is C25H16ClF4NO3. The lowest BCUT2D eigenvalue weighted by molar-refractivity contribution is -0.137. The number of benzene rings is 3. The predicted octanol–water partition coefficient (Wildman–Crippen LogP) is 6.76. The summed E-state index contributed by atoms with van der Waals surface area (Å²) in [5.74, 6) is -1.99. The van der Waals surface area contributed by atoms with Crippen LogP contribution in [0.5, 0.6) is 0 Å². The summed E-state index contributed by atoms with van der Waals surface area (Å²) < 4.78 is 58.7. The van der Waals surface area contributed by atoms with E-state index in [0.717, 1.165) is 12.1 Å². The van der Waals surface area contributed by atoms with Gasteiger partial charge >= 0.3 is 11.8 Å². The maximum atomic E-state index is 13.4. The van der Waals surface area contributed by atoms with Gasteiger partial charge in [0.25, 0.3) is 0 Å². The van der Waals surface area contributed by atoms with E-state index in [1.54, 1.807) is 43.3 Å². The summed E-state index contributed by atoms with van der Waals surface area (Å²) in [4.78, 5) is 25.6. The molecule has 1 amide bonds. The van der Waals surface area contributed by atoms with E-state index in [0.29, 0.717) is 33.2 Å². The number of halogens is 5. The number of rotatable bonds is 4. The Morgan fingerprint density at radius 3 is 2.44 bits per heavy atom. The van der Waals surface area contributed by atoms with Crippen molar-refractivity contribution in [1.29, 1.82) is 0 Å². The van der Waals surface area contributed by atoms with E-state index in [2.05, 4.69) is 5.32 Å². The minimum Gasteiger partial charge on any atom is -0.422 e. The van der Waals surface area contributed by atoms with Crippen molar-refractivity contribution >= 4 is 34.2 Å². The number of carbonyl (C=O) groups is 1. The molecule has 0 aliphatic heterocycles. The van der Waals surface area contributed by atoms with Crippen molar-refractivity contribution in [3.8, 4) is 11.1 Å². The minimum atomic E-state index is -4.89. The third-order valence-corrected chi connectivity index (χ3v) is 5.65. The topological polar surface area (TPSA) is 59.3 Å². The highest BCUT2D eigenvalue weighted by atomic mass is 35.5. The van der Waals surface area contributed by atoms with Gasteiger partial charge in [0.2, 0.25) is 5.91 Å². The highest BCUT2D eigenvalue weighted by Crippen LogP contribution is 2.36. The predicted molar refractivity (Wildman–Crippen MR) is 121 cm³/mol. The molecule has 0 fully saturated rings. The van der Waals surface area contributed by atoms with Crippen molar-refractivity contribution in [3.05, 3.63) is 98.6 Å². The molecule has 0 spiro atoms. The van der Waals surface area contributed by atoms with Gasteiger partial charge in [0.05, 0.1) is 23.2 Å². The summed E-state index contributed by atoms with van der Waals surface area (Å²) >= 11 is 6.17. The van der Waals surface area contributed by atoms with Gasteiger partial charge in [0.15, 0.2) is 0 Å². The Labute approximate surface area is 195 Å². The Hall–Kier alpha value is -3.65. The summed E-state index contributed by atoms with van der Waals surface area (Å²) in [6.45, 7) is 1.77.